The first-order valence-corrected chi connectivity index (χ1v) is 9.84. The highest BCUT2D eigenvalue weighted by molar-refractivity contribution is 5.46. The van der Waals surface area contributed by atoms with Crippen molar-refractivity contribution in [3.05, 3.63) is 60.2 Å². The fourth-order valence-electron chi connectivity index (χ4n) is 3.67. The molecule has 0 saturated carbocycles. The number of alkyl halides is 3. The molecule has 0 bridgehead atoms. The van der Waals surface area contributed by atoms with Crippen LogP contribution in [-0.4, -0.2) is 37.4 Å². The minimum absolute atomic E-state index is 0.198. The second kappa shape index (κ2) is 9.82. The number of likely N-dealkylation sites (tertiary alicyclic amines) is 1. The Morgan fingerprint density at radius 1 is 0.964 bits per heavy atom. The number of piperidine rings is 1. The highest BCUT2D eigenvalue weighted by Crippen LogP contribution is 2.24. The van der Waals surface area contributed by atoms with Gasteiger partial charge in [0.2, 0.25) is 0 Å². The Hall–Kier alpha value is -2.21. The third kappa shape index (κ3) is 7.08. The molecule has 0 aromatic heterocycles. The van der Waals surface area contributed by atoms with E-state index in [1.165, 1.54) is 37.0 Å². The van der Waals surface area contributed by atoms with Gasteiger partial charge in [-0.3, -0.25) is 0 Å². The molecule has 1 N–H and O–H groups in total. The van der Waals surface area contributed by atoms with Crippen molar-refractivity contribution < 1.29 is 17.9 Å². The molecule has 1 aliphatic heterocycles. The molecule has 1 saturated heterocycles. The molecule has 3 rings (SSSR count). The quantitative estimate of drug-likeness (QED) is 0.614. The summed E-state index contributed by atoms with van der Waals surface area (Å²) in [5.74, 6) is 0.575. The van der Waals surface area contributed by atoms with Gasteiger partial charge in [0.15, 0.2) is 0 Å². The summed E-state index contributed by atoms with van der Waals surface area (Å²) in [6.45, 7) is 4.12. The highest BCUT2D eigenvalue weighted by Gasteiger charge is 2.30. The molecule has 28 heavy (non-hydrogen) atoms. The molecular weight excluding hydrogens is 365 g/mol. The third-order valence-corrected chi connectivity index (χ3v) is 5.14. The number of nitrogens with zero attached hydrogens (tertiary/aromatic N) is 1. The molecule has 0 amide bonds. The number of hydrogen-bond donors (Lipinski definition) is 1. The standard InChI is InChI=1S/C22H27F3N2O/c23-22(24,25)28-21-9-7-20(8-10-21)26-13-4-14-27-15-11-19(12-16-27)17-18-5-2-1-3-6-18/h1-3,5-10,19,26H,4,11-17H2. The Balaban J connectivity index is 1.30. The van der Waals surface area contributed by atoms with Gasteiger partial charge in [-0.1, -0.05) is 30.3 Å². The van der Waals surface area contributed by atoms with E-state index in [-0.39, 0.29) is 5.75 Å². The zero-order chi connectivity index (χ0) is 19.8. The van der Waals surface area contributed by atoms with E-state index in [0.29, 0.717) is 0 Å². The fourth-order valence-corrected chi connectivity index (χ4v) is 3.67. The lowest BCUT2D eigenvalue weighted by atomic mass is 9.90. The smallest absolute Gasteiger partial charge is 0.406 e. The van der Waals surface area contributed by atoms with E-state index >= 15 is 0 Å². The summed E-state index contributed by atoms with van der Waals surface area (Å²) < 4.78 is 40.3. The summed E-state index contributed by atoms with van der Waals surface area (Å²) in [7, 11) is 0. The van der Waals surface area contributed by atoms with Crippen molar-refractivity contribution in [1.29, 1.82) is 0 Å². The second-order valence-corrected chi connectivity index (χ2v) is 7.33. The van der Waals surface area contributed by atoms with Gasteiger partial charge in [-0.2, -0.15) is 0 Å². The minimum atomic E-state index is -4.65. The van der Waals surface area contributed by atoms with E-state index in [2.05, 4.69) is 45.3 Å². The van der Waals surface area contributed by atoms with Gasteiger partial charge >= 0.3 is 6.36 Å². The van der Waals surface area contributed by atoms with E-state index in [4.69, 9.17) is 0 Å². The summed E-state index contributed by atoms with van der Waals surface area (Å²) in [5, 5.41) is 3.25. The van der Waals surface area contributed by atoms with Crippen LogP contribution in [0, 0.1) is 5.92 Å². The summed E-state index contributed by atoms with van der Waals surface area (Å²) in [4.78, 5) is 2.50. The van der Waals surface area contributed by atoms with E-state index in [1.54, 1.807) is 12.1 Å². The van der Waals surface area contributed by atoms with Crippen molar-refractivity contribution in [2.75, 3.05) is 31.5 Å². The van der Waals surface area contributed by atoms with Gasteiger partial charge < -0.3 is 15.0 Å². The maximum absolute atomic E-state index is 12.2. The average molecular weight is 392 g/mol. The van der Waals surface area contributed by atoms with E-state index in [9.17, 15) is 13.2 Å². The molecule has 3 nitrogen and oxygen atoms in total. The van der Waals surface area contributed by atoms with Gasteiger partial charge in [0.1, 0.15) is 5.75 Å². The Labute approximate surface area is 164 Å². The molecule has 0 aliphatic carbocycles. The molecule has 1 fully saturated rings. The zero-order valence-electron chi connectivity index (χ0n) is 15.9. The van der Waals surface area contributed by atoms with Crippen molar-refractivity contribution in [2.24, 2.45) is 5.92 Å². The van der Waals surface area contributed by atoms with Gasteiger partial charge in [-0.05, 0) is 81.1 Å². The predicted molar refractivity (Wildman–Crippen MR) is 106 cm³/mol. The van der Waals surface area contributed by atoms with Crippen LogP contribution in [0.1, 0.15) is 24.8 Å². The number of benzene rings is 2. The molecule has 0 radical (unpaired) electrons. The van der Waals surface area contributed by atoms with Gasteiger partial charge in [-0.25, -0.2) is 0 Å². The Morgan fingerprint density at radius 3 is 2.29 bits per heavy atom. The lowest BCUT2D eigenvalue weighted by Gasteiger charge is -2.32. The van der Waals surface area contributed by atoms with Crippen molar-refractivity contribution in [3.63, 3.8) is 0 Å². The van der Waals surface area contributed by atoms with Gasteiger partial charge in [0.05, 0.1) is 0 Å². The first kappa shape index (κ1) is 20.5. The van der Waals surface area contributed by atoms with Crippen LogP contribution >= 0.6 is 0 Å². The monoisotopic (exact) mass is 392 g/mol. The van der Waals surface area contributed by atoms with Crippen LogP contribution in [0.4, 0.5) is 18.9 Å². The normalized spacial score (nSPS) is 16.1. The lowest BCUT2D eigenvalue weighted by molar-refractivity contribution is -0.274. The number of rotatable bonds is 8. The first-order chi connectivity index (χ1) is 13.5. The molecule has 0 spiro atoms. The highest BCUT2D eigenvalue weighted by atomic mass is 19.4. The SMILES string of the molecule is FC(F)(F)Oc1ccc(NCCCN2CCC(Cc3ccccc3)CC2)cc1. The Kier molecular flexibility index (Phi) is 7.20. The Morgan fingerprint density at radius 2 is 1.64 bits per heavy atom. The van der Waals surface area contributed by atoms with E-state index < -0.39 is 6.36 Å². The minimum Gasteiger partial charge on any atom is -0.406 e. The van der Waals surface area contributed by atoms with Crippen molar-refractivity contribution in [3.8, 4) is 5.75 Å². The number of anilines is 1. The van der Waals surface area contributed by atoms with Crippen LogP contribution in [0.5, 0.6) is 5.75 Å². The van der Waals surface area contributed by atoms with Gasteiger partial charge in [0.25, 0.3) is 0 Å². The van der Waals surface area contributed by atoms with E-state index in [1.807, 2.05) is 0 Å². The van der Waals surface area contributed by atoms with Gasteiger partial charge in [0, 0.05) is 12.2 Å². The predicted octanol–water partition coefficient (Wildman–Crippen LogP) is 5.34. The molecule has 152 valence electrons. The van der Waals surface area contributed by atoms with Crippen LogP contribution in [0.25, 0.3) is 0 Å². The lowest BCUT2D eigenvalue weighted by Crippen LogP contribution is -2.35. The van der Waals surface area contributed by atoms with Crippen LogP contribution in [0.15, 0.2) is 54.6 Å². The average Bonchev–Trinajstić information content (AvgIpc) is 2.67. The molecule has 1 heterocycles. The molecule has 1 aliphatic rings. The van der Waals surface area contributed by atoms with Crippen molar-refractivity contribution in [2.45, 2.75) is 32.0 Å². The largest absolute Gasteiger partial charge is 0.573 e. The third-order valence-electron chi connectivity index (χ3n) is 5.14. The van der Waals surface area contributed by atoms with Crippen molar-refractivity contribution >= 4 is 5.69 Å². The van der Waals surface area contributed by atoms with Crippen LogP contribution in [0.3, 0.4) is 0 Å². The molecule has 0 atom stereocenters. The summed E-state index contributed by atoms with van der Waals surface area (Å²) in [6.07, 6.45) is 0.00388. The molecule has 0 unspecified atom stereocenters. The van der Waals surface area contributed by atoms with Crippen LogP contribution in [-0.2, 0) is 6.42 Å². The van der Waals surface area contributed by atoms with Crippen LogP contribution < -0.4 is 10.1 Å². The Bertz CT molecular complexity index is 696. The summed E-state index contributed by atoms with van der Waals surface area (Å²) in [5.41, 5.74) is 2.23. The molecule has 2 aromatic rings. The number of hydrogen-bond acceptors (Lipinski definition) is 3. The summed E-state index contributed by atoms with van der Waals surface area (Å²) >= 11 is 0. The summed E-state index contributed by atoms with van der Waals surface area (Å²) in [6, 6.07) is 16.6. The van der Waals surface area contributed by atoms with Crippen molar-refractivity contribution in [1.82, 2.24) is 4.90 Å². The number of halogens is 3. The topological polar surface area (TPSA) is 24.5 Å². The van der Waals surface area contributed by atoms with E-state index in [0.717, 1.165) is 44.2 Å². The van der Waals surface area contributed by atoms with Crippen LogP contribution in [0.2, 0.25) is 0 Å². The molecule has 6 heteroatoms. The molecular formula is C22H27F3N2O. The maximum atomic E-state index is 12.2. The fraction of sp³-hybridized carbons (Fsp3) is 0.455. The van der Waals surface area contributed by atoms with Gasteiger partial charge in [-0.15, -0.1) is 13.2 Å². The second-order valence-electron chi connectivity index (χ2n) is 7.33. The first-order valence-electron chi connectivity index (χ1n) is 9.84. The maximum Gasteiger partial charge on any atom is 0.573 e. The zero-order valence-corrected chi connectivity index (χ0v) is 15.9. The number of ether oxygens (including phenoxy) is 1. The molecule has 2 aromatic carbocycles. The number of nitrogens with one attached hydrogen (secondary N) is 1.